The Labute approximate surface area is 173 Å². The predicted molar refractivity (Wildman–Crippen MR) is 117 cm³/mol. The summed E-state index contributed by atoms with van der Waals surface area (Å²) in [6.07, 6.45) is 3.26. The van der Waals surface area contributed by atoms with E-state index in [1.165, 1.54) is 0 Å². The molecule has 1 N–H and O–H groups in total. The first-order chi connectivity index (χ1) is 13.9. The third-order valence-corrected chi connectivity index (χ3v) is 5.42. The fourth-order valence-corrected chi connectivity index (χ4v) is 3.69. The first-order valence-corrected chi connectivity index (χ1v) is 10.3. The number of carbonyl (C=O) groups excluding carboxylic acids is 2. The van der Waals surface area contributed by atoms with E-state index in [0.29, 0.717) is 12.8 Å². The van der Waals surface area contributed by atoms with E-state index < -0.39 is 0 Å². The molecule has 5 nitrogen and oxygen atoms in total. The van der Waals surface area contributed by atoms with Crippen molar-refractivity contribution in [3.8, 4) is 5.75 Å². The number of nitrogens with one attached hydrogen (secondary N) is 1. The van der Waals surface area contributed by atoms with Crippen molar-refractivity contribution >= 4 is 23.2 Å². The van der Waals surface area contributed by atoms with Crippen LogP contribution in [0.1, 0.15) is 48.4 Å². The average Bonchev–Trinajstić information content (AvgIpc) is 2.69. The van der Waals surface area contributed by atoms with Crippen LogP contribution in [0.25, 0.3) is 0 Å². The van der Waals surface area contributed by atoms with Crippen LogP contribution in [-0.2, 0) is 16.0 Å². The molecule has 0 radical (unpaired) electrons. The molecule has 0 fully saturated rings. The van der Waals surface area contributed by atoms with E-state index in [1.807, 2.05) is 49.9 Å². The highest BCUT2D eigenvalue weighted by Gasteiger charge is 2.23. The molecule has 0 atom stereocenters. The minimum Gasteiger partial charge on any atom is -0.483 e. The Kier molecular flexibility index (Phi) is 6.57. The van der Waals surface area contributed by atoms with Crippen molar-refractivity contribution in [3.63, 3.8) is 0 Å². The van der Waals surface area contributed by atoms with Crippen LogP contribution in [0.2, 0.25) is 0 Å². The number of benzene rings is 2. The first kappa shape index (κ1) is 20.9. The zero-order chi connectivity index (χ0) is 21.0. The fourth-order valence-electron chi connectivity index (χ4n) is 3.69. The Morgan fingerprint density at radius 3 is 2.69 bits per heavy atom. The minimum atomic E-state index is -0.196. The number of hydrogen-bond donors (Lipinski definition) is 1. The van der Waals surface area contributed by atoms with E-state index in [2.05, 4.69) is 18.3 Å². The second kappa shape index (κ2) is 9.12. The lowest BCUT2D eigenvalue weighted by Gasteiger charge is -2.29. The van der Waals surface area contributed by atoms with Crippen molar-refractivity contribution in [2.75, 3.05) is 23.4 Å². The van der Waals surface area contributed by atoms with Crippen molar-refractivity contribution in [3.05, 3.63) is 52.6 Å². The molecule has 2 amide bonds. The van der Waals surface area contributed by atoms with Crippen molar-refractivity contribution in [1.82, 2.24) is 0 Å². The molecule has 0 aromatic heterocycles. The fraction of sp³-hybridized carbons (Fsp3) is 0.417. The number of unbranched alkanes of at least 4 members (excludes halogenated alkanes) is 1. The van der Waals surface area contributed by atoms with Gasteiger partial charge in [-0.2, -0.15) is 0 Å². The van der Waals surface area contributed by atoms with Gasteiger partial charge in [-0.25, -0.2) is 0 Å². The van der Waals surface area contributed by atoms with Crippen LogP contribution in [0, 0.1) is 20.8 Å². The molecule has 1 aliphatic rings. The highest BCUT2D eigenvalue weighted by Crippen LogP contribution is 2.30. The number of anilines is 2. The SMILES string of the molecule is CCCCN1C(=O)CCc2cc(NC(=O)COc3cc(C)cc(C)c3C)ccc21. The van der Waals surface area contributed by atoms with E-state index in [-0.39, 0.29) is 18.4 Å². The molecule has 0 bridgehead atoms. The van der Waals surface area contributed by atoms with Crippen LogP contribution >= 0.6 is 0 Å². The maximum absolute atomic E-state index is 12.4. The van der Waals surface area contributed by atoms with Gasteiger partial charge in [-0.1, -0.05) is 19.4 Å². The standard InChI is InChI=1S/C24H30N2O3/c1-5-6-11-26-21-9-8-20(14-19(21)7-10-24(26)28)25-23(27)15-29-22-13-16(2)12-17(3)18(22)4/h8-9,12-14H,5-7,10-11,15H2,1-4H3,(H,25,27). The van der Waals surface area contributed by atoms with Gasteiger partial charge >= 0.3 is 0 Å². The number of nitrogens with zero attached hydrogens (tertiary/aromatic N) is 1. The van der Waals surface area contributed by atoms with Crippen LogP contribution in [-0.4, -0.2) is 25.0 Å². The number of ether oxygens (including phenoxy) is 1. The molecule has 1 aliphatic heterocycles. The Morgan fingerprint density at radius 1 is 1.14 bits per heavy atom. The van der Waals surface area contributed by atoms with Crippen LogP contribution in [0.5, 0.6) is 5.75 Å². The third-order valence-electron chi connectivity index (χ3n) is 5.42. The monoisotopic (exact) mass is 394 g/mol. The van der Waals surface area contributed by atoms with Crippen LogP contribution in [0.3, 0.4) is 0 Å². The van der Waals surface area contributed by atoms with E-state index in [9.17, 15) is 9.59 Å². The van der Waals surface area contributed by atoms with Gasteiger partial charge in [0, 0.05) is 24.3 Å². The minimum absolute atomic E-state index is 0.0398. The molecule has 2 aromatic rings. The van der Waals surface area contributed by atoms with Gasteiger partial charge < -0.3 is 15.0 Å². The summed E-state index contributed by atoms with van der Waals surface area (Å²) >= 11 is 0. The Hall–Kier alpha value is -2.82. The van der Waals surface area contributed by atoms with E-state index in [4.69, 9.17) is 4.74 Å². The zero-order valence-corrected chi connectivity index (χ0v) is 17.8. The summed E-state index contributed by atoms with van der Waals surface area (Å²) in [6, 6.07) is 9.82. The Bertz CT molecular complexity index is 921. The summed E-state index contributed by atoms with van der Waals surface area (Å²) in [5, 5.41) is 2.91. The summed E-state index contributed by atoms with van der Waals surface area (Å²) in [5.74, 6) is 0.728. The highest BCUT2D eigenvalue weighted by molar-refractivity contribution is 5.97. The van der Waals surface area contributed by atoms with E-state index in [0.717, 1.165) is 58.8 Å². The molecule has 5 heteroatoms. The molecular weight excluding hydrogens is 364 g/mol. The Balaban J connectivity index is 1.65. The maximum Gasteiger partial charge on any atom is 0.262 e. The van der Waals surface area contributed by atoms with Crippen LogP contribution in [0.15, 0.2) is 30.3 Å². The largest absolute Gasteiger partial charge is 0.483 e. The first-order valence-electron chi connectivity index (χ1n) is 10.3. The molecule has 1 heterocycles. The molecule has 29 heavy (non-hydrogen) atoms. The third kappa shape index (κ3) is 4.97. The van der Waals surface area contributed by atoms with Crippen LogP contribution < -0.4 is 15.0 Å². The lowest BCUT2D eigenvalue weighted by atomic mass is 10.00. The predicted octanol–water partition coefficient (Wildman–Crippen LogP) is 4.71. The highest BCUT2D eigenvalue weighted by atomic mass is 16.5. The van der Waals surface area contributed by atoms with Gasteiger partial charge in [-0.05, 0) is 80.1 Å². The van der Waals surface area contributed by atoms with E-state index >= 15 is 0 Å². The second-order valence-electron chi connectivity index (χ2n) is 7.78. The number of fused-ring (bicyclic) bond motifs is 1. The van der Waals surface area contributed by atoms with Gasteiger partial charge in [0.1, 0.15) is 5.75 Å². The molecule has 0 saturated heterocycles. The second-order valence-corrected chi connectivity index (χ2v) is 7.78. The molecule has 3 rings (SSSR count). The summed E-state index contributed by atoms with van der Waals surface area (Å²) < 4.78 is 5.76. The summed E-state index contributed by atoms with van der Waals surface area (Å²) in [4.78, 5) is 26.5. The molecule has 2 aromatic carbocycles. The van der Waals surface area contributed by atoms with Crippen molar-refractivity contribution in [2.45, 2.75) is 53.4 Å². The van der Waals surface area contributed by atoms with Gasteiger partial charge in [-0.15, -0.1) is 0 Å². The lowest BCUT2D eigenvalue weighted by Crippen LogP contribution is -2.35. The molecule has 0 aliphatic carbocycles. The number of rotatable bonds is 7. The summed E-state index contributed by atoms with van der Waals surface area (Å²) in [5.41, 5.74) is 6.12. The number of hydrogen-bond acceptors (Lipinski definition) is 3. The van der Waals surface area contributed by atoms with Gasteiger partial charge in [0.25, 0.3) is 5.91 Å². The molecule has 0 spiro atoms. The van der Waals surface area contributed by atoms with Gasteiger partial charge in [-0.3, -0.25) is 9.59 Å². The zero-order valence-electron chi connectivity index (χ0n) is 17.8. The normalized spacial score (nSPS) is 13.2. The number of aryl methyl sites for hydroxylation is 3. The van der Waals surface area contributed by atoms with Crippen LogP contribution in [0.4, 0.5) is 11.4 Å². The quantitative estimate of drug-likeness (QED) is 0.740. The summed E-state index contributed by atoms with van der Waals surface area (Å²) in [6.45, 7) is 8.88. The molecule has 0 saturated carbocycles. The smallest absolute Gasteiger partial charge is 0.262 e. The topological polar surface area (TPSA) is 58.6 Å². The molecule has 0 unspecified atom stereocenters. The number of amides is 2. The molecule has 154 valence electrons. The van der Waals surface area contributed by atoms with Crippen molar-refractivity contribution in [1.29, 1.82) is 0 Å². The van der Waals surface area contributed by atoms with Gasteiger partial charge in [0.2, 0.25) is 5.91 Å². The van der Waals surface area contributed by atoms with Crippen molar-refractivity contribution in [2.24, 2.45) is 0 Å². The lowest BCUT2D eigenvalue weighted by molar-refractivity contribution is -0.119. The molecular formula is C24H30N2O3. The van der Waals surface area contributed by atoms with Gasteiger partial charge in [0.15, 0.2) is 6.61 Å². The Morgan fingerprint density at radius 2 is 1.93 bits per heavy atom. The summed E-state index contributed by atoms with van der Waals surface area (Å²) in [7, 11) is 0. The number of carbonyl (C=O) groups is 2. The van der Waals surface area contributed by atoms with Crippen molar-refractivity contribution < 1.29 is 14.3 Å². The van der Waals surface area contributed by atoms with Gasteiger partial charge in [0.05, 0.1) is 0 Å². The van der Waals surface area contributed by atoms with E-state index in [1.54, 1.807) is 0 Å². The average molecular weight is 395 g/mol. The maximum atomic E-state index is 12.4.